The average molecular weight is 179 g/mol. The molecule has 1 heterocycles. The van der Waals surface area contributed by atoms with E-state index in [-0.39, 0.29) is 11.6 Å². The average Bonchev–Trinajstić information content (AvgIpc) is 2.32. The van der Waals surface area contributed by atoms with E-state index in [9.17, 15) is 9.50 Å². The molecule has 0 unspecified atom stereocenters. The summed E-state index contributed by atoms with van der Waals surface area (Å²) in [5, 5.41) is 9.77. The summed E-state index contributed by atoms with van der Waals surface area (Å²) in [7, 11) is 1.78. The molecule has 0 radical (unpaired) electrons. The Morgan fingerprint density at radius 1 is 1.38 bits per heavy atom. The van der Waals surface area contributed by atoms with Crippen molar-refractivity contribution in [3.8, 4) is 5.75 Å². The van der Waals surface area contributed by atoms with E-state index in [0.717, 1.165) is 5.52 Å². The zero-order chi connectivity index (χ0) is 9.59. The molecular formula is C10H10FNO. The van der Waals surface area contributed by atoms with Crippen molar-refractivity contribution in [3.63, 3.8) is 0 Å². The first kappa shape index (κ1) is 8.10. The van der Waals surface area contributed by atoms with Gasteiger partial charge < -0.3 is 9.67 Å². The van der Waals surface area contributed by atoms with Crippen molar-refractivity contribution in [1.29, 1.82) is 0 Å². The van der Waals surface area contributed by atoms with E-state index >= 15 is 0 Å². The normalized spacial score (nSPS) is 11.0. The van der Waals surface area contributed by atoms with Crippen LogP contribution in [-0.2, 0) is 7.05 Å². The molecule has 0 amide bonds. The Labute approximate surface area is 75.2 Å². The highest BCUT2D eigenvalue weighted by Crippen LogP contribution is 2.26. The minimum Gasteiger partial charge on any atom is -0.508 e. The number of nitrogens with zero attached hydrogens (tertiary/aromatic N) is 1. The fourth-order valence-electron chi connectivity index (χ4n) is 1.51. The Balaban J connectivity index is 2.95. The third kappa shape index (κ3) is 1.00. The van der Waals surface area contributed by atoms with Crippen LogP contribution in [0.5, 0.6) is 5.75 Å². The SMILES string of the molecule is Cc1c(F)c2ccc(O)cc2n1C. The third-order valence-electron chi connectivity index (χ3n) is 2.40. The number of hydrogen-bond acceptors (Lipinski definition) is 1. The predicted octanol–water partition coefficient (Wildman–Crippen LogP) is 2.33. The van der Waals surface area contributed by atoms with Gasteiger partial charge in [0, 0.05) is 18.5 Å². The van der Waals surface area contributed by atoms with Crippen molar-refractivity contribution in [1.82, 2.24) is 4.57 Å². The van der Waals surface area contributed by atoms with E-state index < -0.39 is 0 Å². The van der Waals surface area contributed by atoms with Crippen LogP contribution in [0.1, 0.15) is 5.69 Å². The quantitative estimate of drug-likeness (QED) is 0.659. The largest absolute Gasteiger partial charge is 0.508 e. The molecule has 0 saturated carbocycles. The highest BCUT2D eigenvalue weighted by atomic mass is 19.1. The van der Waals surface area contributed by atoms with E-state index in [4.69, 9.17) is 0 Å². The first-order chi connectivity index (χ1) is 6.11. The zero-order valence-electron chi connectivity index (χ0n) is 7.50. The van der Waals surface area contributed by atoms with Gasteiger partial charge in [-0.3, -0.25) is 0 Å². The minimum absolute atomic E-state index is 0.160. The van der Waals surface area contributed by atoms with Crippen LogP contribution >= 0.6 is 0 Å². The van der Waals surface area contributed by atoms with Crippen molar-refractivity contribution >= 4 is 10.9 Å². The summed E-state index contributed by atoms with van der Waals surface area (Å²) in [6, 6.07) is 4.64. The molecule has 1 aromatic heterocycles. The second-order valence-electron chi connectivity index (χ2n) is 3.16. The number of phenolic OH excluding ortho intramolecular Hbond substituents is 1. The molecule has 0 saturated heterocycles. The monoisotopic (exact) mass is 179 g/mol. The Kier molecular flexibility index (Phi) is 1.55. The fraction of sp³-hybridized carbons (Fsp3) is 0.200. The molecular weight excluding hydrogens is 169 g/mol. The van der Waals surface area contributed by atoms with Gasteiger partial charge in [0.15, 0.2) is 5.82 Å². The number of phenols is 1. The summed E-state index contributed by atoms with van der Waals surface area (Å²) >= 11 is 0. The van der Waals surface area contributed by atoms with Crippen LogP contribution in [0.25, 0.3) is 10.9 Å². The summed E-state index contributed by atoms with van der Waals surface area (Å²) in [5.41, 5.74) is 1.30. The second kappa shape index (κ2) is 2.49. The van der Waals surface area contributed by atoms with E-state index in [1.165, 1.54) is 6.07 Å². The van der Waals surface area contributed by atoms with Gasteiger partial charge in [-0.2, -0.15) is 0 Å². The lowest BCUT2D eigenvalue weighted by Gasteiger charge is -1.97. The number of benzene rings is 1. The fourth-order valence-corrected chi connectivity index (χ4v) is 1.51. The molecule has 0 aliphatic carbocycles. The number of halogens is 1. The van der Waals surface area contributed by atoms with E-state index in [1.54, 1.807) is 30.7 Å². The maximum Gasteiger partial charge on any atom is 0.151 e. The van der Waals surface area contributed by atoms with Gasteiger partial charge in [-0.25, -0.2) is 4.39 Å². The van der Waals surface area contributed by atoms with Crippen LogP contribution in [0, 0.1) is 12.7 Å². The van der Waals surface area contributed by atoms with Crippen molar-refractivity contribution in [2.75, 3.05) is 0 Å². The molecule has 1 aromatic carbocycles. The molecule has 0 spiro atoms. The van der Waals surface area contributed by atoms with Crippen molar-refractivity contribution < 1.29 is 9.50 Å². The molecule has 2 rings (SSSR count). The van der Waals surface area contributed by atoms with Gasteiger partial charge >= 0.3 is 0 Å². The van der Waals surface area contributed by atoms with Crippen LogP contribution in [0.2, 0.25) is 0 Å². The van der Waals surface area contributed by atoms with Gasteiger partial charge in [0.2, 0.25) is 0 Å². The van der Waals surface area contributed by atoms with Gasteiger partial charge in [0.1, 0.15) is 5.75 Å². The van der Waals surface area contributed by atoms with Crippen molar-refractivity contribution in [2.24, 2.45) is 7.05 Å². The van der Waals surface area contributed by atoms with Gasteiger partial charge in [-0.15, -0.1) is 0 Å². The predicted molar refractivity (Wildman–Crippen MR) is 49.3 cm³/mol. The summed E-state index contributed by atoms with van der Waals surface area (Å²) in [4.78, 5) is 0. The Hall–Kier alpha value is -1.51. The molecule has 0 fully saturated rings. The number of aryl methyl sites for hydroxylation is 1. The Bertz CT molecular complexity index is 473. The molecule has 3 heteroatoms. The molecule has 0 aliphatic heterocycles. The van der Waals surface area contributed by atoms with Crippen LogP contribution in [-0.4, -0.2) is 9.67 Å². The molecule has 0 atom stereocenters. The van der Waals surface area contributed by atoms with Crippen LogP contribution < -0.4 is 0 Å². The summed E-state index contributed by atoms with van der Waals surface area (Å²) in [6.45, 7) is 1.71. The minimum atomic E-state index is -0.211. The molecule has 13 heavy (non-hydrogen) atoms. The van der Waals surface area contributed by atoms with Crippen LogP contribution in [0.15, 0.2) is 18.2 Å². The summed E-state index contributed by atoms with van der Waals surface area (Å²) in [6.07, 6.45) is 0. The maximum absolute atomic E-state index is 13.4. The highest BCUT2D eigenvalue weighted by molar-refractivity contribution is 5.83. The smallest absolute Gasteiger partial charge is 0.151 e. The number of aromatic hydroxyl groups is 1. The molecule has 1 N–H and O–H groups in total. The number of fused-ring (bicyclic) bond motifs is 1. The standard InChI is InChI=1S/C10H10FNO/c1-6-10(11)8-4-3-7(13)5-9(8)12(6)2/h3-5,13H,1-2H3. The zero-order valence-corrected chi connectivity index (χ0v) is 7.50. The Morgan fingerprint density at radius 2 is 2.08 bits per heavy atom. The number of aromatic nitrogens is 1. The number of hydrogen-bond donors (Lipinski definition) is 1. The molecule has 2 aromatic rings. The third-order valence-corrected chi connectivity index (χ3v) is 2.40. The number of rotatable bonds is 0. The van der Waals surface area contributed by atoms with Crippen molar-refractivity contribution in [3.05, 3.63) is 29.7 Å². The van der Waals surface area contributed by atoms with Crippen LogP contribution in [0.4, 0.5) is 4.39 Å². The lowest BCUT2D eigenvalue weighted by Crippen LogP contribution is -1.90. The van der Waals surface area contributed by atoms with Gasteiger partial charge in [0.05, 0.1) is 11.2 Å². The van der Waals surface area contributed by atoms with Gasteiger partial charge in [-0.1, -0.05) is 0 Å². The summed E-state index contributed by atoms with van der Waals surface area (Å²) in [5.74, 6) is -0.0504. The molecule has 0 aliphatic rings. The topological polar surface area (TPSA) is 25.2 Å². The van der Waals surface area contributed by atoms with Gasteiger partial charge in [-0.05, 0) is 19.1 Å². The first-order valence-electron chi connectivity index (χ1n) is 4.05. The first-order valence-corrected chi connectivity index (χ1v) is 4.05. The van der Waals surface area contributed by atoms with E-state index in [2.05, 4.69) is 0 Å². The highest BCUT2D eigenvalue weighted by Gasteiger charge is 2.10. The second-order valence-corrected chi connectivity index (χ2v) is 3.16. The summed E-state index contributed by atoms with van der Waals surface area (Å²) < 4.78 is 15.2. The molecule has 2 nitrogen and oxygen atoms in total. The van der Waals surface area contributed by atoms with Gasteiger partial charge in [0.25, 0.3) is 0 Å². The van der Waals surface area contributed by atoms with E-state index in [0.29, 0.717) is 11.1 Å². The molecule has 0 bridgehead atoms. The van der Waals surface area contributed by atoms with Crippen molar-refractivity contribution in [2.45, 2.75) is 6.92 Å². The van der Waals surface area contributed by atoms with E-state index in [1.807, 2.05) is 0 Å². The lowest BCUT2D eigenvalue weighted by molar-refractivity contribution is 0.476. The maximum atomic E-state index is 13.4. The molecule has 68 valence electrons. The Morgan fingerprint density at radius 3 is 2.77 bits per heavy atom. The van der Waals surface area contributed by atoms with Crippen LogP contribution in [0.3, 0.4) is 0 Å². The lowest BCUT2D eigenvalue weighted by atomic mass is 10.2.